The van der Waals surface area contributed by atoms with Gasteiger partial charge in [-0.3, -0.25) is 14.5 Å². The molecule has 1 aliphatic rings. The summed E-state index contributed by atoms with van der Waals surface area (Å²) in [7, 11) is 0. The smallest absolute Gasteiger partial charge is 0.251 e. The zero-order valence-electron chi connectivity index (χ0n) is 14.3. The third-order valence-electron chi connectivity index (χ3n) is 4.09. The summed E-state index contributed by atoms with van der Waals surface area (Å²) in [6.07, 6.45) is 3.87. The quantitative estimate of drug-likeness (QED) is 0.774. The van der Waals surface area contributed by atoms with Crippen molar-refractivity contribution in [2.24, 2.45) is 0 Å². The summed E-state index contributed by atoms with van der Waals surface area (Å²) in [5.74, 6) is 0.625. The van der Waals surface area contributed by atoms with Gasteiger partial charge < -0.3 is 15.1 Å². The number of benzene rings is 1. The minimum absolute atomic E-state index is 0.0912. The van der Waals surface area contributed by atoms with Gasteiger partial charge in [0, 0.05) is 23.8 Å². The van der Waals surface area contributed by atoms with E-state index in [0.29, 0.717) is 36.9 Å². The minimum atomic E-state index is -0.143. The van der Waals surface area contributed by atoms with E-state index < -0.39 is 0 Å². The van der Waals surface area contributed by atoms with Crippen molar-refractivity contribution >= 4 is 17.5 Å². The molecule has 0 aliphatic heterocycles. The van der Waals surface area contributed by atoms with Crippen molar-refractivity contribution in [2.75, 3.05) is 18.4 Å². The molecule has 2 aromatic rings. The lowest BCUT2D eigenvalue weighted by Gasteiger charge is -2.20. The van der Waals surface area contributed by atoms with Crippen molar-refractivity contribution in [3.05, 3.63) is 54.0 Å². The zero-order chi connectivity index (χ0) is 17.6. The van der Waals surface area contributed by atoms with E-state index in [-0.39, 0.29) is 11.8 Å². The summed E-state index contributed by atoms with van der Waals surface area (Å²) in [4.78, 5) is 26.4. The van der Waals surface area contributed by atoms with Gasteiger partial charge in [-0.05, 0) is 50.1 Å². The summed E-state index contributed by atoms with van der Waals surface area (Å²) in [5.41, 5.74) is 1.16. The van der Waals surface area contributed by atoms with Crippen LogP contribution in [0.4, 0.5) is 5.69 Å². The first-order chi connectivity index (χ1) is 12.2. The first-order valence-electron chi connectivity index (χ1n) is 8.60. The number of rotatable bonds is 8. The minimum Gasteiger partial charge on any atom is -0.468 e. The van der Waals surface area contributed by atoms with Gasteiger partial charge in [-0.15, -0.1) is 0 Å². The Morgan fingerprint density at radius 2 is 2.08 bits per heavy atom. The molecule has 0 unspecified atom stereocenters. The molecule has 0 spiro atoms. The first-order valence-corrected chi connectivity index (χ1v) is 8.60. The molecule has 0 atom stereocenters. The normalized spacial score (nSPS) is 13.7. The Balaban J connectivity index is 1.59. The number of hydrogen-bond donors (Lipinski definition) is 2. The van der Waals surface area contributed by atoms with E-state index >= 15 is 0 Å². The number of anilines is 1. The molecule has 1 saturated carbocycles. The van der Waals surface area contributed by atoms with Crippen LogP contribution in [0, 0.1) is 0 Å². The maximum Gasteiger partial charge on any atom is 0.251 e. The van der Waals surface area contributed by atoms with Crippen LogP contribution < -0.4 is 10.6 Å². The lowest BCUT2D eigenvalue weighted by atomic mass is 10.2. The average molecular weight is 341 g/mol. The molecule has 3 rings (SSSR count). The van der Waals surface area contributed by atoms with Crippen LogP contribution in [0.15, 0.2) is 47.1 Å². The molecule has 25 heavy (non-hydrogen) atoms. The van der Waals surface area contributed by atoms with E-state index in [2.05, 4.69) is 15.5 Å². The highest BCUT2D eigenvalue weighted by Gasteiger charge is 2.30. The van der Waals surface area contributed by atoms with E-state index in [1.807, 2.05) is 19.1 Å². The van der Waals surface area contributed by atoms with E-state index in [9.17, 15) is 9.59 Å². The highest BCUT2D eigenvalue weighted by atomic mass is 16.3. The Kier molecular flexibility index (Phi) is 5.50. The van der Waals surface area contributed by atoms with Gasteiger partial charge in [0.05, 0.1) is 19.4 Å². The summed E-state index contributed by atoms with van der Waals surface area (Å²) in [5, 5.41) is 5.63. The molecule has 1 aliphatic carbocycles. The van der Waals surface area contributed by atoms with Gasteiger partial charge in [-0.1, -0.05) is 6.07 Å². The number of nitrogens with one attached hydrogen (secondary N) is 2. The van der Waals surface area contributed by atoms with E-state index in [1.165, 1.54) is 0 Å². The van der Waals surface area contributed by atoms with Crippen molar-refractivity contribution in [1.82, 2.24) is 10.2 Å². The second kappa shape index (κ2) is 7.98. The third kappa shape index (κ3) is 4.93. The second-order valence-electron chi connectivity index (χ2n) is 6.20. The van der Waals surface area contributed by atoms with Crippen LogP contribution in [0.3, 0.4) is 0 Å². The van der Waals surface area contributed by atoms with Crippen LogP contribution in [-0.2, 0) is 11.3 Å². The standard InChI is InChI=1S/C19H23N3O3/c1-2-20-19(24)14-5-3-6-15(11-14)21-18(23)13-22(16-8-9-16)12-17-7-4-10-25-17/h3-7,10-11,16H,2,8-9,12-13H2,1H3,(H,20,24)(H,21,23). The fourth-order valence-electron chi connectivity index (χ4n) is 2.74. The van der Waals surface area contributed by atoms with E-state index in [0.717, 1.165) is 18.6 Å². The Morgan fingerprint density at radius 1 is 1.24 bits per heavy atom. The largest absolute Gasteiger partial charge is 0.468 e. The van der Waals surface area contributed by atoms with Crippen LogP contribution in [0.25, 0.3) is 0 Å². The maximum atomic E-state index is 12.4. The molecule has 0 bridgehead atoms. The van der Waals surface area contributed by atoms with Crippen LogP contribution >= 0.6 is 0 Å². The lowest BCUT2D eigenvalue weighted by Crippen LogP contribution is -2.34. The summed E-state index contributed by atoms with van der Waals surface area (Å²) in [6, 6.07) is 11.2. The third-order valence-corrected chi connectivity index (χ3v) is 4.09. The Labute approximate surface area is 147 Å². The molecule has 0 radical (unpaired) electrons. The fourth-order valence-corrected chi connectivity index (χ4v) is 2.74. The molecule has 6 heteroatoms. The number of nitrogens with zero attached hydrogens (tertiary/aromatic N) is 1. The fraction of sp³-hybridized carbons (Fsp3) is 0.368. The molecule has 0 saturated heterocycles. The molecule has 1 aromatic carbocycles. The van der Waals surface area contributed by atoms with Crippen LogP contribution in [0.2, 0.25) is 0 Å². The zero-order valence-corrected chi connectivity index (χ0v) is 14.3. The summed E-state index contributed by atoms with van der Waals surface area (Å²) < 4.78 is 5.39. The van der Waals surface area contributed by atoms with Gasteiger partial charge in [0.1, 0.15) is 5.76 Å². The highest BCUT2D eigenvalue weighted by molar-refractivity contribution is 5.97. The first kappa shape index (κ1) is 17.2. The number of carbonyl (C=O) groups excluding carboxylic acids is 2. The number of amides is 2. The molecule has 1 aromatic heterocycles. The Bertz CT molecular complexity index is 723. The van der Waals surface area contributed by atoms with Crippen molar-refractivity contribution < 1.29 is 14.0 Å². The van der Waals surface area contributed by atoms with Crippen molar-refractivity contribution in [3.63, 3.8) is 0 Å². The topological polar surface area (TPSA) is 74.6 Å². The van der Waals surface area contributed by atoms with Gasteiger partial charge in [0.2, 0.25) is 5.91 Å². The van der Waals surface area contributed by atoms with Crippen molar-refractivity contribution in [1.29, 1.82) is 0 Å². The molecule has 1 fully saturated rings. The van der Waals surface area contributed by atoms with Gasteiger partial charge in [0.25, 0.3) is 5.91 Å². The van der Waals surface area contributed by atoms with E-state index in [1.54, 1.807) is 30.5 Å². The average Bonchev–Trinajstić information content (AvgIpc) is 3.32. The van der Waals surface area contributed by atoms with Crippen LogP contribution in [0.1, 0.15) is 35.9 Å². The number of carbonyl (C=O) groups is 2. The molecular weight excluding hydrogens is 318 g/mol. The van der Waals surface area contributed by atoms with Crippen molar-refractivity contribution in [3.8, 4) is 0 Å². The molecule has 6 nitrogen and oxygen atoms in total. The van der Waals surface area contributed by atoms with Gasteiger partial charge in [-0.25, -0.2) is 0 Å². The summed E-state index contributed by atoms with van der Waals surface area (Å²) >= 11 is 0. The van der Waals surface area contributed by atoms with Crippen LogP contribution in [0.5, 0.6) is 0 Å². The summed E-state index contributed by atoms with van der Waals surface area (Å²) in [6.45, 7) is 3.37. The van der Waals surface area contributed by atoms with E-state index in [4.69, 9.17) is 4.42 Å². The second-order valence-corrected chi connectivity index (χ2v) is 6.20. The molecule has 2 amide bonds. The molecule has 2 N–H and O–H groups in total. The number of furan rings is 1. The molecule has 1 heterocycles. The monoisotopic (exact) mass is 341 g/mol. The molecular formula is C19H23N3O3. The van der Waals surface area contributed by atoms with Crippen LogP contribution in [-0.4, -0.2) is 35.8 Å². The van der Waals surface area contributed by atoms with Gasteiger partial charge in [0.15, 0.2) is 0 Å². The highest BCUT2D eigenvalue weighted by Crippen LogP contribution is 2.28. The lowest BCUT2D eigenvalue weighted by molar-refractivity contribution is -0.117. The van der Waals surface area contributed by atoms with Gasteiger partial charge >= 0.3 is 0 Å². The molecule has 132 valence electrons. The number of hydrogen-bond acceptors (Lipinski definition) is 4. The Hall–Kier alpha value is -2.60. The van der Waals surface area contributed by atoms with Gasteiger partial charge in [-0.2, -0.15) is 0 Å². The predicted octanol–water partition coefficient (Wildman–Crippen LogP) is 2.63. The maximum absolute atomic E-state index is 12.4. The Morgan fingerprint density at radius 3 is 2.76 bits per heavy atom. The SMILES string of the molecule is CCNC(=O)c1cccc(NC(=O)CN(Cc2ccco2)C2CC2)c1. The van der Waals surface area contributed by atoms with Crippen molar-refractivity contribution in [2.45, 2.75) is 32.4 Å². The predicted molar refractivity (Wildman–Crippen MR) is 95.2 cm³/mol.